The average molecular weight is 472 g/mol. The van der Waals surface area contributed by atoms with E-state index in [1.807, 2.05) is 19.1 Å². The number of ether oxygens (including phenoxy) is 1. The molecule has 33 heavy (non-hydrogen) atoms. The van der Waals surface area contributed by atoms with Gasteiger partial charge in [0.2, 0.25) is 15.9 Å². The van der Waals surface area contributed by atoms with Crippen LogP contribution >= 0.6 is 0 Å². The molecule has 2 aliphatic heterocycles. The van der Waals surface area contributed by atoms with Gasteiger partial charge in [-0.1, -0.05) is 42.0 Å². The van der Waals surface area contributed by atoms with E-state index in [0.29, 0.717) is 25.9 Å². The molecule has 1 amide bonds. The second kappa shape index (κ2) is 10.3. The van der Waals surface area contributed by atoms with Gasteiger partial charge in [0.05, 0.1) is 17.6 Å². The standard InChI is InChI=1S/C25H33N3O4S/c1-19-8-10-23(11-9-19)33(30,31)28-12-4-7-24(28)25(29)26-16-21-5-3-6-22(15-21)18-27-13-14-32-20(2)17-27/h3,5-6,8-11,15,20,24H,4,7,12-14,16-18H2,1-2H3,(H,26,29)/t20?,24-/m0/s1. The number of nitrogens with one attached hydrogen (secondary N) is 1. The lowest BCUT2D eigenvalue weighted by Crippen LogP contribution is -2.45. The molecule has 1 unspecified atom stereocenters. The molecule has 0 aromatic heterocycles. The molecule has 2 heterocycles. The van der Waals surface area contributed by atoms with Crippen molar-refractivity contribution in [2.24, 2.45) is 0 Å². The van der Waals surface area contributed by atoms with Crippen LogP contribution in [-0.4, -0.2) is 61.9 Å². The Morgan fingerprint density at radius 2 is 1.88 bits per heavy atom. The summed E-state index contributed by atoms with van der Waals surface area (Å²) >= 11 is 0. The third-order valence-corrected chi connectivity index (χ3v) is 8.25. The van der Waals surface area contributed by atoms with E-state index in [4.69, 9.17) is 4.74 Å². The number of sulfonamides is 1. The van der Waals surface area contributed by atoms with E-state index >= 15 is 0 Å². The van der Waals surface area contributed by atoms with Crippen molar-refractivity contribution >= 4 is 15.9 Å². The zero-order chi connectivity index (χ0) is 23.4. The second-order valence-corrected chi connectivity index (χ2v) is 10.9. The fraction of sp³-hybridized carbons (Fsp3) is 0.480. The van der Waals surface area contributed by atoms with Crippen molar-refractivity contribution < 1.29 is 17.9 Å². The Bertz CT molecular complexity index is 1070. The Kier molecular flexibility index (Phi) is 7.48. The van der Waals surface area contributed by atoms with Gasteiger partial charge in [-0.3, -0.25) is 9.69 Å². The monoisotopic (exact) mass is 471 g/mol. The van der Waals surface area contributed by atoms with Gasteiger partial charge in [-0.05, 0) is 49.9 Å². The summed E-state index contributed by atoms with van der Waals surface area (Å²) in [5.41, 5.74) is 3.20. The maximum atomic E-state index is 13.1. The van der Waals surface area contributed by atoms with Crippen LogP contribution in [0.5, 0.6) is 0 Å². The molecule has 2 aromatic carbocycles. The highest BCUT2D eigenvalue weighted by molar-refractivity contribution is 7.89. The summed E-state index contributed by atoms with van der Waals surface area (Å²) in [6.07, 6.45) is 1.45. The molecule has 2 fully saturated rings. The molecule has 0 aliphatic carbocycles. The molecule has 4 rings (SSSR count). The lowest BCUT2D eigenvalue weighted by atomic mass is 10.1. The van der Waals surface area contributed by atoms with Gasteiger partial charge in [0.25, 0.3) is 0 Å². The van der Waals surface area contributed by atoms with Gasteiger partial charge in [-0.2, -0.15) is 4.31 Å². The van der Waals surface area contributed by atoms with E-state index in [1.165, 1.54) is 9.87 Å². The Labute approximate surface area is 196 Å². The fourth-order valence-electron chi connectivity index (χ4n) is 4.57. The number of benzene rings is 2. The zero-order valence-electron chi connectivity index (χ0n) is 19.4. The van der Waals surface area contributed by atoms with Gasteiger partial charge in [0.1, 0.15) is 6.04 Å². The second-order valence-electron chi connectivity index (χ2n) is 9.04. The maximum Gasteiger partial charge on any atom is 0.243 e. The van der Waals surface area contributed by atoms with E-state index < -0.39 is 16.1 Å². The van der Waals surface area contributed by atoms with Crippen LogP contribution in [0.2, 0.25) is 0 Å². The fourth-order valence-corrected chi connectivity index (χ4v) is 6.23. The maximum absolute atomic E-state index is 13.1. The minimum Gasteiger partial charge on any atom is -0.376 e. The Hall–Kier alpha value is -2.26. The van der Waals surface area contributed by atoms with Crippen LogP contribution in [0.1, 0.15) is 36.5 Å². The number of carbonyl (C=O) groups excluding carboxylic acids is 1. The number of nitrogens with zero attached hydrogens (tertiary/aromatic N) is 2. The van der Waals surface area contributed by atoms with E-state index in [0.717, 1.165) is 37.4 Å². The molecule has 2 aliphatic rings. The third kappa shape index (κ3) is 5.81. The number of aryl methyl sites for hydroxylation is 1. The summed E-state index contributed by atoms with van der Waals surface area (Å²) in [6, 6.07) is 14.3. The van der Waals surface area contributed by atoms with Crippen LogP contribution in [0, 0.1) is 6.92 Å². The van der Waals surface area contributed by atoms with Crippen LogP contribution in [0.3, 0.4) is 0 Å². The zero-order valence-corrected chi connectivity index (χ0v) is 20.2. The highest BCUT2D eigenvalue weighted by Crippen LogP contribution is 2.26. The lowest BCUT2D eigenvalue weighted by Gasteiger charge is -2.31. The molecule has 0 saturated carbocycles. The highest BCUT2D eigenvalue weighted by Gasteiger charge is 2.39. The van der Waals surface area contributed by atoms with Crippen molar-refractivity contribution in [2.75, 3.05) is 26.2 Å². The molecule has 2 saturated heterocycles. The summed E-state index contributed by atoms with van der Waals surface area (Å²) in [7, 11) is -3.70. The third-order valence-electron chi connectivity index (χ3n) is 6.32. The van der Waals surface area contributed by atoms with E-state index in [2.05, 4.69) is 29.3 Å². The molecule has 2 atom stereocenters. The minimum atomic E-state index is -3.70. The number of carbonyl (C=O) groups is 1. The van der Waals surface area contributed by atoms with Crippen LogP contribution < -0.4 is 5.32 Å². The van der Waals surface area contributed by atoms with Crippen molar-refractivity contribution in [1.29, 1.82) is 0 Å². The molecular weight excluding hydrogens is 438 g/mol. The summed E-state index contributed by atoms with van der Waals surface area (Å²) < 4.78 is 33.2. The first kappa shape index (κ1) is 23.9. The molecule has 0 spiro atoms. The van der Waals surface area contributed by atoms with Crippen molar-refractivity contribution in [1.82, 2.24) is 14.5 Å². The summed E-state index contributed by atoms with van der Waals surface area (Å²) in [5.74, 6) is -0.240. The predicted octanol–water partition coefficient (Wildman–Crippen LogP) is 2.69. The molecule has 0 radical (unpaired) electrons. The Morgan fingerprint density at radius 1 is 1.12 bits per heavy atom. The molecular formula is C25H33N3O4S. The Balaban J connectivity index is 1.37. The first-order chi connectivity index (χ1) is 15.8. The van der Waals surface area contributed by atoms with Crippen LogP contribution in [0.4, 0.5) is 0 Å². The van der Waals surface area contributed by atoms with Gasteiger partial charge >= 0.3 is 0 Å². The minimum absolute atomic E-state index is 0.234. The van der Waals surface area contributed by atoms with Crippen molar-refractivity contribution in [3.8, 4) is 0 Å². The number of morpholine rings is 1. The van der Waals surface area contributed by atoms with Crippen molar-refractivity contribution in [3.63, 3.8) is 0 Å². The van der Waals surface area contributed by atoms with Gasteiger partial charge in [-0.15, -0.1) is 0 Å². The lowest BCUT2D eigenvalue weighted by molar-refractivity contribution is -0.124. The van der Waals surface area contributed by atoms with Gasteiger partial charge < -0.3 is 10.1 Å². The molecule has 7 nitrogen and oxygen atoms in total. The number of amides is 1. The number of hydrogen-bond acceptors (Lipinski definition) is 5. The van der Waals surface area contributed by atoms with Crippen LogP contribution in [0.15, 0.2) is 53.4 Å². The molecule has 2 aromatic rings. The topological polar surface area (TPSA) is 79.0 Å². The first-order valence-corrected chi connectivity index (χ1v) is 13.0. The number of hydrogen-bond donors (Lipinski definition) is 1. The predicted molar refractivity (Wildman–Crippen MR) is 127 cm³/mol. The van der Waals surface area contributed by atoms with E-state index in [9.17, 15) is 13.2 Å². The summed E-state index contributed by atoms with van der Waals surface area (Å²) in [5, 5.41) is 2.96. The van der Waals surface area contributed by atoms with Gasteiger partial charge in [0.15, 0.2) is 0 Å². The smallest absolute Gasteiger partial charge is 0.243 e. The largest absolute Gasteiger partial charge is 0.376 e. The number of rotatable bonds is 7. The first-order valence-electron chi connectivity index (χ1n) is 11.6. The average Bonchev–Trinajstić information content (AvgIpc) is 3.29. The van der Waals surface area contributed by atoms with Crippen LogP contribution in [0.25, 0.3) is 0 Å². The van der Waals surface area contributed by atoms with E-state index in [1.54, 1.807) is 24.3 Å². The SMILES string of the molecule is Cc1ccc(S(=O)(=O)N2CCC[C@H]2C(=O)NCc2cccc(CN3CCOC(C)C3)c2)cc1. The normalized spacial score (nSPS) is 22.4. The van der Waals surface area contributed by atoms with Crippen molar-refractivity contribution in [3.05, 3.63) is 65.2 Å². The van der Waals surface area contributed by atoms with Gasteiger partial charge in [0, 0.05) is 32.7 Å². The summed E-state index contributed by atoms with van der Waals surface area (Å²) in [4.78, 5) is 15.6. The molecule has 0 bridgehead atoms. The van der Waals surface area contributed by atoms with E-state index in [-0.39, 0.29) is 16.9 Å². The quantitative estimate of drug-likeness (QED) is 0.672. The van der Waals surface area contributed by atoms with Crippen LogP contribution in [-0.2, 0) is 32.6 Å². The van der Waals surface area contributed by atoms with Crippen molar-refractivity contribution in [2.45, 2.75) is 56.8 Å². The Morgan fingerprint density at radius 3 is 2.64 bits per heavy atom. The molecule has 178 valence electrons. The van der Waals surface area contributed by atoms with Gasteiger partial charge in [-0.25, -0.2) is 8.42 Å². The highest BCUT2D eigenvalue weighted by atomic mass is 32.2. The molecule has 8 heteroatoms. The molecule has 1 N–H and O–H groups in total. The summed E-state index contributed by atoms with van der Waals surface area (Å²) in [6.45, 7) is 8.17.